The Labute approximate surface area is 144 Å². The number of rotatable bonds is 4. The second-order valence-electron chi connectivity index (χ2n) is 5.28. The number of alkyl halides is 3. The van der Waals surface area contributed by atoms with Crippen molar-refractivity contribution in [2.75, 3.05) is 7.11 Å². The molecule has 26 heavy (non-hydrogen) atoms. The number of halogens is 3. The van der Waals surface area contributed by atoms with Gasteiger partial charge >= 0.3 is 6.18 Å². The van der Waals surface area contributed by atoms with Crippen LogP contribution in [0.25, 0.3) is 22.4 Å². The van der Waals surface area contributed by atoms with Crippen LogP contribution in [-0.4, -0.2) is 27.0 Å². The summed E-state index contributed by atoms with van der Waals surface area (Å²) in [6.07, 6.45) is -3.36. The molecule has 0 N–H and O–H groups in total. The van der Waals surface area contributed by atoms with Gasteiger partial charge in [0.05, 0.1) is 22.8 Å². The lowest BCUT2D eigenvalue weighted by Gasteiger charge is -2.11. The summed E-state index contributed by atoms with van der Waals surface area (Å²) in [5.74, 6) is 0. The van der Waals surface area contributed by atoms with Gasteiger partial charge in [-0.2, -0.15) is 13.2 Å². The molecule has 7 nitrogen and oxygen atoms in total. The molecule has 3 aromatic rings. The van der Waals surface area contributed by atoms with Gasteiger partial charge in [-0.25, -0.2) is 9.97 Å². The largest absolute Gasteiger partial charge is 0.418 e. The first kappa shape index (κ1) is 17.7. The van der Waals surface area contributed by atoms with Crippen LogP contribution in [0.4, 0.5) is 18.9 Å². The molecule has 3 rings (SSSR count). The minimum atomic E-state index is -4.59. The first-order valence-electron chi connectivity index (χ1n) is 7.28. The number of ether oxygens (including phenoxy) is 1. The number of pyridine rings is 3. The summed E-state index contributed by atoms with van der Waals surface area (Å²) in [5.41, 5.74) is -1.44. The predicted octanol–water partition coefficient (Wildman–Crippen LogP) is 3.77. The van der Waals surface area contributed by atoms with Crippen LogP contribution in [0.5, 0.6) is 0 Å². The molecule has 134 valence electrons. The van der Waals surface area contributed by atoms with E-state index in [9.17, 15) is 23.3 Å². The van der Waals surface area contributed by atoms with Crippen molar-refractivity contribution in [2.24, 2.45) is 0 Å². The number of aromatic nitrogens is 3. The quantitative estimate of drug-likeness (QED) is 0.517. The molecule has 0 saturated heterocycles. The lowest BCUT2D eigenvalue weighted by molar-refractivity contribution is -0.386. The Morgan fingerprint density at radius 1 is 1.23 bits per heavy atom. The highest BCUT2D eigenvalue weighted by atomic mass is 19.4. The molecule has 0 aromatic carbocycles. The Bertz CT molecular complexity index is 992. The van der Waals surface area contributed by atoms with Crippen LogP contribution in [0.1, 0.15) is 11.3 Å². The minimum absolute atomic E-state index is 0.0323. The fourth-order valence-electron chi connectivity index (χ4n) is 2.45. The molecule has 0 bridgehead atoms. The van der Waals surface area contributed by atoms with Gasteiger partial charge in [-0.3, -0.25) is 15.1 Å². The molecular formula is C16H11F3N4O3. The van der Waals surface area contributed by atoms with Crippen molar-refractivity contribution in [3.8, 4) is 11.4 Å². The van der Waals surface area contributed by atoms with Crippen LogP contribution >= 0.6 is 0 Å². The third-order valence-corrected chi connectivity index (χ3v) is 3.57. The minimum Gasteiger partial charge on any atom is -0.378 e. The third kappa shape index (κ3) is 3.31. The molecule has 10 heteroatoms. The van der Waals surface area contributed by atoms with Gasteiger partial charge in [-0.15, -0.1) is 0 Å². The average Bonchev–Trinajstić information content (AvgIpc) is 2.60. The summed E-state index contributed by atoms with van der Waals surface area (Å²) in [5, 5.41) is 11.5. The van der Waals surface area contributed by atoms with Crippen LogP contribution in [0.3, 0.4) is 0 Å². The van der Waals surface area contributed by atoms with Gasteiger partial charge in [0, 0.05) is 24.8 Å². The van der Waals surface area contributed by atoms with Crippen LogP contribution in [0, 0.1) is 10.1 Å². The maximum absolute atomic E-state index is 13.2. The van der Waals surface area contributed by atoms with Gasteiger partial charge in [-0.1, -0.05) is 0 Å². The van der Waals surface area contributed by atoms with Crippen molar-refractivity contribution in [2.45, 2.75) is 12.8 Å². The van der Waals surface area contributed by atoms with E-state index in [0.29, 0.717) is 5.39 Å². The summed E-state index contributed by atoms with van der Waals surface area (Å²) in [4.78, 5) is 22.5. The summed E-state index contributed by atoms with van der Waals surface area (Å²) >= 11 is 0. The van der Waals surface area contributed by atoms with Crippen LogP contribution < -0.4 is 0 Å². The van der Waals surface area contributed by atoms with E-state index in [1.165, 1.54) is 37.6 Å². The number of nitrogens with zero attached hydrogens (tertiary/aromatic N) is 4. The van der Waals surface area contributed by atoms with Gasteiger partial charge < -0.3 is 4.74 Å². The molecule has 0 fully saturated rings. The Morgan fingerprint density at radius 2 is 2.00 bits per heavy atom. The fraction of sp³-hybridized carbons (Fsp3) is 0.188. The summed E-state index contributed by atoms with van der Waals surface area (Å²) in [6, 6.07) is 6.10. The zero-order valence-electron chi connectivity index (χ0n) is 13.3. The van der Waals surface area contributed by atoms with Crippen molar-refractivity contribution in [3.05, 3.63) is 57.9 Å². The van der Waals surface area contributed by atoms with Crippen molar-refractivity contribution < 1.29 is 22.8 Å². The summed E-state index contributed by atoms with van der Waals surface area (Å²) < 4.78 is 44.4. The van der Waals surface area contributed by atoms with Crippen molar-refractivity contribution in [3.63, 3.8) is 0 Å². The Balaban J connectivity index is 2.19. The zero-order chi connectivity index (χ0) is 18.9. The molecule has 0 spiro atoms. The monoisotopic (exact) mass is 364 g/mol. The van der Waals surface area contributed by atoms with Crippen molar-refractivity contribution in [1.82, 2.24) is 15.0 Å². The van der Waals surface area contributed by atoms with E-state index in [0.717, 1.165) is 6.07 Å². The molecule has 0 aliphatic carbocycles. The lowest BCUT2D eigenvalue weighted by Crippen LogP contribution is -2.09. The Hall–Kier alpha value is -3.14. The standard InChI is InChI=1S/C16H11F3N4O3/c1-26-8-12-13(23(24)25)7-9-4-5-11(21-15(9)22-12)14-10(16(17,18)19)3-2-6-20-14/h2-7H,8H2,1H3. The van der Waals surface area contributed by atoms with Crippen LogP contribution in [-0.2, 0) is 17.5 Å². The smallest absolute Gasteiger partial charge is 0.378 e. The predicted molar refractivity (Wildman–Crippen MR) is 85.1 cm³/mol. The van der Waals surface area contributed by atoms with Crippen LogP contribution in [0.15, 0.2) is 36.5 Å². The fourth-order valence-corrected chi connectivity index (χ4v) is 2.45. The molecule has 3 heterocycles. The maximum Gasteiger partial charge on any atom is 0.418 e. The average molecular weight is 364 g/mol. The highest BCUT2D eigenvalue weighted by molar-refractivity contribution is 5.80. The molecule has 0 amide bonds. The molecule has 0 aliphatic heterocycles. The number of nitro groups is 1. The Kier molecular flexibility index (Phi) is 4.51. The number of fused-ring (bicyclic) bond motifs is 1. The Morgan fingerprint density at radius 3 is 2.65 bits per heavy atom. The van der Waals surface area contributed by atoms with Crippen LogP contribution in [0.2, 0.25) is 0 Å². The van der Waals surface area contributed by atoms with Crippen molar-refractivity contribution >= 4 is 16.7 Å². The molecule has 3 aromatic heterocycles. The van der Waals surface area contributed by atoms with E-state index in [4.69, 9.17) is 4.74 Å². The third-order valence-electron chi connectivity index (χ3n) is 3.57. The number of methoxy groups -OCH3 is 1. The first-order valence-corrected chi connectivity index (χ1v) is 7.28. The topological polar surface area (TPSA) is 91.0 Å². The van der Waals surface area contributed by atoms with Gasteiger partial charge in [0.2, 0.25) is 0 Å². The molecule has 0 aliphatic rings. The highest BCUT2D eigenvalue weighted by Gasteiger charge is 2.34. The molecule has 0 unspecified atom stereocenters. The van der Waals surface area contributed by atoms with Gasteiger partial charge in [0.1, 0.15) is 11.4 Å². The van der Waals surface area contributed by atoms with Crippen molar-refractivity contribution in [1.29, 1.82) is 0 Å². The molecule has 0 radical (unpaired) electrons. The molecule has 0 saturated carbocycles. The molecule has 0 atom stereocenters. The van der Waals surface area contributed by atoms with E-state index in [1.807, 2.05) is 0 Å². The van der Waals surface area contributed by atoms with E-state index in [2.05, 4.69) is 15.0 Å². The summed E-state index contributed by atoms with van der Waals surface area (Å²) in [6.45, 7) is -0.129. The highest BCUT2D eigenvalue weighted by Crippen LogP contribution is 2.35. The number of hydrogen-bond acceptors (Lipinski definition) is 6. The van der Waals surface area contributed by atoms with Gasteiger partial charge in [0.15, 0.2) is 5.65 Å². The van der Waals surface area contributed by atoms with Gasteiger partial charge in [-0.05, 0) is 24.3 Å². The zero-order valence-corrected chi connectivity index (χ0v) is 13.3. The van der Waals surface area contributed by atoms with E-state index >= 15 is 0 Å². The normalized spacial score (nSPS) is 11.7. The second-order valence-corrected chi connectivity index (χ2v) is 5.28. The summed E-state index contributed by atoms with van der Waals surface area (Å²) in [7, 11) is 1.35. The second kappa shape index (κ2) is 6.64. The first-order chi connectivity index (χ1) is 12.3. The van der Waals surface area contributed by atoms with E-state index < -0.39 is 16.7 Å². The molecular weight excluding hydrogens is 353 g/mol. The van der Waals surface area contributed by atoms with E-state index in [-0.39, 0.29) is 35.0 Å². The SMILES string of the molecule is COCc1nc2nc(-c3ncccc3C(F)(F)F)ccc2cc1[N+](=O)[O-]. The van der Waals surface area contributed by atoms with Gasteiger partial charge in [0.25, 0.3) is 5.69 Å². The lowest BCUT2D eigenvalue weighted by atomic mass is 10.1. The number of hydrogen-bond donors (Lipinski definition) is 0. The van der Waals surface area contributed by atoms with E-state index in [1.54, 1.807) is 0 Å². The maximum atomic E-state index is 13.2.